The summed E-state index contributed by atoms with van der Waals surface area (Å²) in [5.74, 6) is 2.61. The van der Waals surface area contributed by atoms with Gasteiger partial charge in [0.2, 0.25) is 0 Å². The number of rotatable bonds is 1. The summed E-state index contributed by atoms with van der Waals surface area (Å²) in [4.78, 5) is 11.3. The topological polar surface area (TPSA) is 17.1 Å². The van der Waals surface area contributed by atoms with E-state index in [0.29, 0.717) is 11.2 Å². The fourth-order valence-electron chi connectivity index (χ4n) is 3.76. The zero-order valence-corrected chi connectivity index (χ0v) is 10.1. The molecule has 2 aliphatic carbocycles. The van der Waals surface area contributed by atoms with Crippen molar-refractivity contribution in [2.45, 2.75) is 46.5 Å². The Bertz CT molecular complexity index is 290. The molecule has 2 rings (SSSR count). The number of hydrogen-bond donors (Lipinski definition) is 0. The first kappa shape index (κ1) is 10.9. The molecule has 1 spiro atoms. The summed E-state index contributed by atoms with van der Waals surface area (Å²) in [6.07, 6.45) is 8.64. The van der Waals surface area contributed by atoms with Gasteiger partial charge in [0.1, 0.15) is 0 Å². The minimum Gasteiger partial charge on any atom is -0.295 e. The molecule has 1 heteroatoms. The maximum Gasteiger partial charge on any atom is 0.155 e. The first-order valence-electron chi connectivity index (χ1n) is 6.28. The summed E-state index contributed by atoms with van der Waals surface area (Å²) in [5.41, 5.74) is 0.349. The van der Waals surface area contributed by atoms with Crippen LogP contribution in [0.1, 0.15) is 46.5 Å². The number of carbonyl (C=O) groups is 1. The minimum absolute atomic E-state index is 0.322. The Morgan fingerprint density at radius 2 is 2.13 bits per heavy atom. The molecule has 0 bridgehead atoms. The van der Waals surface area contributed by atoms with E-state index >= 15 is 0 Å². The molecule has 0 aliphatic heterocycles. The largest absolute Gasteiger partial charge is 0.295 e. The van der Waals surface area contributed by atoms with Crippen LogP contribution in [-0.2, 0) is 4.79 Å². The fraction of sp³-hybridized carbons (Fsp3) is 0.786. The van der Waals surface area contributed by atoms with Crippen molar-refractivity contribution in [2.75, 3.05) is 0 Å². The molecule has 0 aromatic heterocycles. The third kappa shape index (κ3) is 1.66. The second-order valence-electron chi connectivity index (χ2n) is 5.74. The Morgan fingerprint density at radius 1 is 1.40 bits per heavy atom. The molecular weight excluding hydrogens is 184 g/mol. The monoisotopic (exact) mass is 206 g/mol. The van der Waals surface area contributed by atoms with Gasteiger partial charge < -0.3 is 0 Å². The molecule has 0 N–H and O–H groups in total. The molecule has 84 valence electrons. The van der Waals surface area contributed by atoms with E-state index in [1.54, 1.807) is 0 Å². The van der Waals surface area contributed by atoms with Crippen LogP contribution >= 0.6 is 0 Å². The van der Waals surface area contributed by atoms with Crippen LogP contribution in [0.3, 0.4) is 0 Å². The lowest BCUT2D eigenvalue weighted by Gasteiger charge is -2.40. The van der Waals surface area contributed by atoms with Crippen LogP contribution in [0, 0.1) is 23.2 Å². The van der Waals surface area contributed by atoms with Gasteiger partial charge in [0.15, 0.2) is 5.78 Å². The van der Waals surface area contributed by atoms with E-state index < -0.39 is 0 Å². The summed E-state index contributed by atoms with van der Waals surface area (Å²) < 4.78 is 0. The smallest absolute Gasteiger partial charge is 0.155 e. The van der Waals surface area contributed by atoms with Gasteiger partial charge in [0.05, 0.1) is 0 Å². The second kappa shape index (κ2) is 3.77. The van der Waals surface area contributed by atoms with Gasteiger partial charge in [-0.15, -0.1) is 0 Å². The average Bonchev–Trinajstić information content (AvgIpc) is 2.50. The molecule has 0 saturated heterocycles. The summed E-state index contributed by atoms with van der Waals surface area (Å²) in [5, 5.41) is 0. The fourth-order valence-corrected chi connectivity index (χ4v) is 3.76. The van der Waals surface area contributed by atoms with Crippen molar-refractivity contribution in [3.05, 3.63) is 12.2 Å². The van der Waals surface area contributed by atoms with Crippen LogP contribution in [0.15, 0.2) is 12.2 Å². The quantitative estimate of drug-likeness (QED) is 0.640. The Morgan fingerprint density at radius 3 is 2.67 bits per heavy atom. The lowest BCUT2D eigenvalue weighted by atomic mass is 9.64. The van der Waals surface area contributed by atoms with Gasteiger partial charge in [0.25, 0.3) is 0 Å². The van der Waals surface area contributed by atoms with Crippen molar-refractivity contribution in [3.63, 3.8) is 0 Å². The van der Waals surface area contributed by atoms with Gasteiger partial charge >= 0.3 is 0 Å². The average molecular weight is 206 g/mol. The number of hydrogen-bond acceptors (Lipinski definition) is 1. The lowest BCUT2D eigenvalue weighted by Crippen LogP contribution is -2.34. The van der Waals surface area contributed by atoms with E-state index in [2.05, 4.69) is 26.8 Å². The van der Waals surface area contributed by atoms with Gasteiger partial charge in [0, 0.05) is 6.42 Å². The summed E-state index contributed by atoms with van der Waals surface area (Å²) in [7, 11) is 0. The zero-order chi connectivity index (χ0) is 11.1. The highest BCUT2D eigenvalue weighted by molar-refractivity contribution is 5.90. The third-order valence-electron chi connectivity index (χ3n) is 4.71. The van der Waals surface area contributed by atoms with Crippen LogP contribution in [0.25, 0.3) is 0 Å². The van der Waals surface area contributed by atoms with Crippen LogP contribution in [0.2, 0.25) is 0 Å². The number of allylic oxidation sites excluding steroid dienone is 2. The number of ketones is 1. The maximum absolute atomic E-state index is 11.3. The normalized spacial score (nSPS) is 40.7. The predicted octanol–water partition coefficient (Wildman–Crippen LogP) is 3.59. The molecule has 1 nitrogen and oxygen atoms in total. The van der Waals surface area contributed by atoms with Crippen molar-refractivity contribution in [1.82, 2.24) is 0 Å². The molecule has 1 saturated carbocycles. The van der Waals surface area contributed by atoms with Gasteiger partial charge in [-0.3, -0.25) is 4.79 Å². The van der Waals surface area contributed by atoms with Crippen LogP contribution in [-0.4, -0.2) is 5.78 Å². The van der Waals surface area contributed by atoms with E-state index in [1.807, 2.05) is 6.08 Å². The lowest BCUT2D eigenvalue weighted by molar-refractivity contribution is -0.116. The Labute approximate surface area is 92.9 Å². The van der Waals surface area contributed by atoms with Crippen LogP contribution < -0.4 is 0 Å². The molecule has 3 unspecified atom stereocenters. The second-order valence-corrected chi connectivity index (χ2v) is 5.74. The molecule has 0 aromatic rings. The van der Waals surface area contributed by atoms with Crippen molar-refractivity contribution in [2.24, 2.45) is 23.2 Å². The molecular formula is C14H22O. The van der Waals surface area contributed by atoms with Gasteiger partial charge in [-0.05, 0) is 48.5 Å². The summed E-state index contributed by atoms with van der Waals surface area (Å²) in [6, 6.07) is 0. The van der Waals surface area contributed by atoms with Crippen molar-refractivity contribution < 1.29 is 4.79 Å². The van der Waals surface area contributed by atoms with Crippen LogP contribution in [0.5, 0.6) is 0 Å². The number of carbonyl (C=O) groups excluding carboxylic acids is 1. The highest BCUT2D eigenvalue weighted by Gasteiger charge is 2.47. The Hall–Kier alpha value is -0.590. The van der Waals surface area contributed by atoms with Gasteiger partial charge in [-0.1, -0.05) is 26.8 Å². The minimum atomic E-state index is 0.322. The molecule has 2 aliphatic rings. The highest BCUT2D eigenvalue weighted by atomic mass is 16.1. The predicted molar refractivity (Wildman–Crippen MR) is 62.5 cm³/mol. The van der Waals surface area contributed by atoms with E-state index in [-0.39, 0.29) is 0 Å². The molecule has 0 radical (unpaired) electrons. The van der Waals surface area contributed by atoms with Crippen molar-refractivity contribution >= 4 is 5.78 Å². The Kier molecular flexibility index (Phi) is 2.74. The van der Waals surface area contributed by atoms with Crippen LogP contribution in [0.4, 0.5) is 0 Å². The van der Waals surface area contributed by atoms with E-state index in [1.165, 1.54) is 12.8 Å². The van der Waals surface area contributed by atoms with Gasteiger partial charge in [-0.25, -0.2) is 0 Å². The van der Waals surface area contributed by atoms with E-state index in [0.717, 1.165) is 30.6 Å². The molecule has 0 amide bonds. The molecule has 1 fully saturated rings. The summed E-state index contributed by atoms with van der Waals surface area (Å²) >= 11 is 0. The van der Waals surface area contributed by atoms with Gasteiger partial charge in [-0.2, -0.15) is 0 Å². The standard InChI is InChI=1S/C14H22O/c1-10(2)13-5-4-11(3)14(13)8-6-12(15)7-9-14/h6,8,10-11,13H,4-5,7,9H2,1-3H3. The first-order valence-corrected chi connectivity index (χ1v) is 6.28. The Balaban J connectivity index is 2.30. The zero-order valence-electron chi connectivity index (χ0n) is 10.1. The first-order chi connectivity index (χ1) is 7.06. The molecule has 15 heavy (non-hydrogen) atoms. The highest BCUT2D eigenvalue weighted by Crippen LogP contribution is 2.55. The SMILES string of the molecule is CC(C)C1CCC(C)C12C=CC(=O)CC2. The van der Waals surface area contributed by atoms with E-state index in [4.69, 9.17) is 0 Å². The van der Waals surface area contributed by atoms with Crippen molar-refractivity contribution in [3.8, 4) is 0 Å². The molecule has 3 atom stereocenters. The van der Waals surface area contributed by atoms with E-state index in [9.17, 15) is 4.79 Å². The molecule has 0 aromatic carbocycles. The summed E-state index contributed by atoms with van der Waals surface area (Å²) in [6.45, 7) is 7.02. The van der Waals surface area contributed by atoms with Crippen molar-refractivity contribution in [1.29, 1.82) is 0 Å². The molecule has 0 heterocycles. The maximum atomic E-state index is 11.3. The third-order valence-corrected chi connectivity index (χ3v) is 4.71.